The molecular weight excluding hydrogens is 178 g/mol. The SMILES string of the molecule is Cn1ccn(CCC2CCNC2)c1=O. The molecule has 0 bridgehead atoms. The predicted molar refractivity (Wildman–Crippen MR) is 55.3 cm³/mol. The van der Waals surface area contributed by atoms with E-state index in [0.717, 1.165) is 32.0 Å². The van der Waals surface area contributed by atoms with Crippen molar-refractivity contribution in [2.24, 2.45) is 13.0 Å². The van der Waals surface area contributed by atoms with Crippen molar-refractivity contribution >= 4 is 0 Å². The Kier molecular flexibility index (Phi) is 2.72. The van der Waals surface area contributed by atoms with E-state index < -0.39 is 0 Å². The maximum absolute atomic E-state index is 11.5. The number of aryl methyl sites for hydroxylation is 2. The number of nitrogens with one attached hydrogen (secondary N) is 1. The second kappa shape index (κ2) is 4.00. The summed E-state index contributed by atoms with van der Waals surface area (Å²) < 4.78 is 3.41. The van der Waals surface area contributed by atoms with E-state index in [0.29, 0.717) is 0 Å². The molecule has 1 aliphatic rings. The van der Waals surface area contributed by atoms with Crippen molar-refractivity contribution in [1.82, 2.24) is 14.5 Å². The van der Waals surface area contributed by atoms with Crippen molar-refractivity contribution in [1.29, 1.82) is 0 Å². The Morgan fingerprint density at radius 2 is 2.43 bits per heavy atom. The smallest absolute Gasteiger partial charge is 0.316 e. The molecule has 0 amide bonds. The Labute approximate surface area is 83.5 Å². The Balaban J connectivity index is 1.91. The lowest BCUT2D eigenvalue weighted by Gasteiger charge is -2.07. The highest BCUT2D eigenvalue weighted by atomic mass is 16.1. The largest absolute Gasteiger partial charge is 0.327 e. The topological polar surface area (TPSA) is 39.0 Å². The first-order valence-electron chi connectivity index (χ1n) is 5.20. The molecule has 2 rings (SSSR count). The molecule has 1 aromatic rings. The first kappa shape index (κ1) is 9.52. The van der Waals surface area contributed by atoms with E-state index in [2.05, 4.69) is 5.32 Å². The third-order valence-electron chi connectivity index (χ3n) is 2.96. The van der Waals surface area contributed by atoms with Gasteiger partial charge in [0.2, 0.25) is 0 Å². The summed E-state index contributed by atoms with van der Waals surface area (Å²) in [4.78, 5) is 11.5. The minimum absolute atomic E-state index is 0.0935. The summed E-state index contributed by atoms with van der Waals surface area (Å²) in [6.45, 7) is 3.10. The molecule has 0 aliphatic carbocycles. The summed E-state index contributed by atoms with van der Waals surface area (Å²) in [5, 5.41) is 3.34. The molecule has 0 aromatic carbocycles. The molecule has 1 unspecified atom stereocenters. The van der Waals surface area contributed by atoms with E-state index >= 15 is 0 Å². The zero-order chi connectivity index (χ0) is 9.97. The molecule has 1 aliphatic heterocycles. The molecule has 0 saturated carbocycles. The van der Waals surface area contributed by atoms with Gasteiger partial charge in [0.25, 0.3) is 0 Å². The highest BCUT2D eigenvalue weighted by Crippen LogP contribution is 2.12. The highest BCUT2D eigenvalue weighted by Gasteiger charge is 2.14. The first-order valence-corrected chi connectivity index (χ1v) is 5.20. The molecule has 0 spiro atoms. The van der Waals surface area contributed by atoms with Crippen molar-refractivity contribution in [2.75, 3.05) is 13.1 Å². The molecular formula is C10H17N3O. The summed E-state index contributed by atoms with van der Waals surface area (Å²) >= 11 is 0. The molecule has 1 N–H and O–H groups in total. The molecule has 4 heteroatoms. The van der Waals surface area contributed by atoms with Gasteiger partial charge in [0.1, 0.15) is 0 Å². The summed E-state index contributed by atoms with van der Waals surface area (Å²) in [7, 11) is 1.79. The quantitative estimate of drug-likeness (QED) is 0.747. The first-order chi connectivity index (χ1) is 6.77. The standard InChI is InChI=1S/C10H17N3O/c1-12-6-7-13(10(12)14)5-3-9-2-4-11-8-9/h6-7,9,11H,2-5,8H2,1H3. The van der Waals surface area contributed by atoms with Crippen molar-refractivity contribution in [3.8, 4) is 0 Å². The molecule has 1 atom stereocenters. The van der Waals surface area contributed by atoms with Crippen LogP contribution < -0.4 is 11.0 Å². The maximum Gasteiger partial charge on any atom is 0.327 e. The fourth-order valence-corrected chi connectivity index (χ4v) is 1.96. The summed E-state index contributed by atoms with van der Waals surface area (Å²) in [5.41, 5.74) is 0.0935. The number of hydrogen-bond acceptors (Lipinski definition) is 2. The van der Waals surface area contributed by atoms with Gasteiger partial charge in [-0.25, -0.2) is 4.79 Å². The molecule has 14 heavy (non-hydrogen) atoms. The number of imidazole rings is 1. The second-order valence-corrected chi connectivity index (χ2v) is 4.03. The van der Waals surface area contributed by atoms with Crippen LogP contribution in [0.25, 0.3) is 0 Å². The number of nitrogens with zero attached hydrogens (tertiary/aromatic N) is 2. The second-order valence-electron chi connectivity index (χ2n) is 4.03. The van der Waals surface area contributed by atoms with Gasteiger partial charge in [-0.2, -0.15) is 0 Å². The van der Waals surface area contributed by atoms with Gasteiger partial charge in [-0.15, -0.1) is 0 Å². The van der Waals surface area contributed by atoms with Crippen LogP contribution in [0.15, 0.2) is 17.2 Å². The monoisotopic (exact) mass is 195 g/mol. The average molecular weight is 195 g/mol. The van der Waals surface area contributed by atoms with Gasteiger partial charge < -0.3 is 9.88 Å². The zero-order valence-corrected chi connectivity index (χ0v) is 8.57. The van der Waals surface area contributed by atoms with E-state index in [-0.39, 0.29) is 5.69 Å². The van der Waals surface area contributed by atoms with E-state index in [9.17, 15) is 4.79 Å². The third kappa shape index (κ3) is 1.90. The van der Waals surface area contributed by atoms with Gasteiger partial charge >= 0.3 is 5.69 Å². The van der Waals surface area contributed by atoms with Gasteiger partial charge in [0, 0.05) is 26.0 Å². The average Bonchev–Trinajstić information content (AvgIpc) is 2.77. The van der Waals surface area contributed by atoms with Crippen LogP contribution >= 0.6 is 0 Å². The Morgan fingerprint density at radius 1 is 1.57 bits per heavy atom. The van der Waals surface area contributed by atoms with Gasteiger partial charge in [-0.1, -0.05) is 0 Å². The molecule has 1 fully saturated rings. The number of aromatic nitrogens is 2. The zero-order valence-electron chi connectivity index (χ0n) is 8.57. The summed E-state index contributed by atoms with van der Waals surface area (Å²) in [6.07, 6.45) is 6.04. The minimum Gasteiger partial charge on any atom is -0.316 e. The third-order valence-corrected chi connectivity index (χ3v) is 2.96. The van der Waals surface area contributed by atoms with Gasteiger partial charge in [0.15, 0.2) is 0 Å². The van der Waals surface area contributed by atoms with Crippen LogP contribution in [-0.4, -0.2) is 22.2 Å². The molecule has 1 saturated heterocycles. The van der Waals surface area contributed by atoms with Crippen molar-refractivity contribution in [3.63, 3.8) is 0 Å². The minimum atomic E-state index is 0.0935. The Bertz CT molecular complexity index is 346. The summed E-state index contributed by atoms with van der Waals surface area (Å²) in [5.74, 6) is 0.752. The van der Waals surface area contributed by atoms with Crippen LogP contribution in [0.3, 0.4) is 0 Å². The lowest BCUT2D eigenvalue weighted by atomic mass is 10.1. The van der Waals surface area contributed by atoms with Crippen LogP contribution in [0.2, 0.25) is 0 Å². The normalized spacial score (nSPS) is 21.6. The van der Waals surface area contributed by atoms with Gasteiger partial charge in [0.05, 0.1) is 0 Å². The van der Waals surface area contributed by atoms with Crippen LogP contribution in [0, 0.1) is 5.92 Å². The van der Waals surface area contributed by atoms with Crippen LogP contribution in [0.5, 0.6) is 0 Å². The lowest BCUT2D eigenvalue weighted by molar-refractivity contribution is 0.472. The van der Waals surface area contributed by atoms with Crippen molar-refractivity contribution in [3.05, 3.63) is 22.9 Å². The van der Waals surface area contributed by atoms with Crippen LogP contribution in [-0.2, 0) is 13.6 Å². The summed E-state index contributed by atoms with van der Waals surface area (Å²) in [6, 6.07) is 0. The van der Waals surface area contributed by atoms with Crippen molar-refractivity contribution in [2.45, 2.75) is 19.4 Å². The number of hydrogen-bond donors (Lipinski definition) is 1. The fourth-order valence-electron chi connectivity index (χ4n) is 1.96. The van der Waals surface area contributed by atoms with Crippen LogP contribution in [0.1, 0.15) is 12.8 Å². The molecule has 4 nitrogen and oxygen atoms in total. The van der Waals surface area contributed by atoms with E-state index in [1.54, 1.807) is 16.2 Å². The maximum atomic E-state index is 11.5. The Hall–Kier alpha value is -1.03. The molecule has 2 heterocycles. The highest BCUT2D eigenvalue weighted by molar-refractivity contribution is 4.80. The molecule has 1 aromatic heterocycles. The number of rotatable bonds is 3. The van der Waals surface area contributed by atoms with E-state index in [1.165, 1.54) is 6.42 Å². The molecule has 78 valence electrons. The van der Waals surface area contributed by atoms with Gasteiger partial charge in [-0.05, 0) is 31.8 Å². The van der Waals surface area contributed by atoms with Gasteiger partial charge in [-0.3, -0.25) is 4.57 Å². The lowest BCUT2D eigenvalue weighted by Crippen LogP contribution is -2.23. The van der Waals surface area contributed by atoms with Crippen LogP contribution in [0.4, 0.5) is 0 Å². The molecule has 0 radical (unpaired) electrons. The van der Waals surface area contributed by atoms with E-state index in [1.807, 2.05) is 12.4 Å². The Morgan fingerprint density at radius 3 is 3.00 bits per heavy atom. The van der Waals surface area contributed by atoms with Crippen molar-refractivity contribution < 1.29 is 0 Å². The fraction of sp³-hybridized carbons (Fsp3) is 0.700. The van der Waals surface area contributed by atoms with E-state index in [4.69, 9.17) is 0 Å². The predicted octanol–water partition coefficient (Wildman–Crippen LogP) is 0.186.